The van der Waals surface area contributed by atoms with Crippen LogP contribution < -0.4 is 10.2 Å². The summed E-state index contributed by atoms with van der Waals surface area (Å²) in [6.07, 6.45) is 1.65. The standard InChI is InChI=1S/C28H27N3O3/c1-21(32)23-12-14-25(15-13-23)30-16-18-31(19-17-30)28(34)26(20-22-8-4-2-5-9-22)27(33)29-24-10-6-3-7-11-24/h2-15,20H,16-19H2,1H3,(H,29,33). The van der Waals surface area contributed by atoms with Gasteiger partial charge in [-0.05, 0) is 55.0 Å². The van der Waals surface area contributed by atoms with Crippen LogP contribution in [0.3, 0.4) is 0 Å². The van der Waals surface area contributed by atoms with E-state index in [-0.39, 0.29) is 17.3 Å². The van der Waals surface area contributed by atoms with Crippen LogP contribution >= 0.6 is 0 Å². The summed E-state index contributed by atoms with van der Waals surface area (Å²) >= 11 is 0. The third-order valence-electron chi connectivity index (χ3n) is 5.82. The van der Waals surface area contributed by atoms with E-state index in [4.69, 9.17) is 0 Å². The van der Waals surface area contributed by atoms with Gasteiger partial charge in [0.15, 0.2) is 5.78 Å². The molecule has 0 radical (unpaired) electrons. The molecule has 3 aromatic carbocycles. The Bertz CT molecular complexity index is 1180. The van der Waals surface area contributed by atoms with Crippen molar-refractivity contribution < 1.29 is 14.4 Å². The average molecular weight is 454 g/mol. The smallest absolute Gasteiger partial charge is 0.261 e. The molecule has 6 nitrogen and oxygen atoms in total. The number of hydrogen-bond acceptors (Lipinski definition) is 4. The molecule has 1 heterocycles. The topological polar surface area (TPSA) is 69.7 Å². The van der Waals surface area contributed by atoms with Gasteiger partial charge in [0.05, 0.1) is 0 Å². The highest BCUT2D eigenvalue weighted by atomic mass is 16.2. The molecule has 0 atom stereocenters. The number of nitrogens with zero attached hydrogens (tertiary/aromatic N) is 2. The van der Waals surface area contributed by atoms with Crippen LogP contribution in [0.2, 0.25) is 0 Å². The molecule has 1 fully saturated rings. The molecule has 34 heavy (non-hydrogen) atoms. The highest BCUT2D eigenvalue weighted by Gasteiger charge is 2.27. The van der Waals surface area contributed by atoms with Crippen molar-refractivity contribution in [2.75, 3.05) is 36.4 Å². The predicted octanol–water partition coefficient (Wildman–Crippen LogP) is 4.26. The summed E-state index contributed by atoms with van der Waals surface area (Å²) < 4.78 is 0. The van der Waals surface area contributed by atoms with Crippen LogP contribution in [0, 0.1) is 0 Å². The van der Waals surface area contributed by atoms with Gasteiger partial charge < -0.3 is 15.1 Å². The van der Waals surface area contributed by atoms with Gasteiger partial charge in [-0.3, -0.25) is 14.4 Å². The molecule has 1 saturated heterocycles. The van der Waals surface area contributed by atoms with E-state index >= 15 is 0 Å². The minimum Gasteiger partial charge on any atom is -0.368 e. The highest BCUT2D eigenvalue weighted by molar-refractivity contribution is 6.25. The number of ketones is 1. The zero-order valence-corrected chi connectivity index (χ0v) is 19.1. The first-order valence-electron chi connectivity index (χ1n) is 11.3. The van der Waals surface area contributed by atoms with Crippen LogP contribution in [0.4, 0.5) is 11.4 Å². The van der Waals surface area contributed by atoms with Crippen molar-refractivity contribution in [1.82, 2.24) is 4.90 Å². The van der Waals surface area contributed by atoms with Gasteiger partial charge in [0.1, 0.15) is 5.57 Å². The van der Waals surface area contributed by atoms with Crippen LogP contribution in [-0.2, 0) is 9.59 Å². The number of rotatable bonds is 6. The predicted molar refractivity (Wildman–Crippen MR) is 135 cm³/mol. The first kappa shape index (κ1) is 23.0. The zero-order chi connectivity index (χ0) is 23.9. The molecule has 0 spiro atoms. The van der Waals surface area contributed by atoms with Crippen molar-refractivity contribution in [3.05, 3.63) is 102 Å². The van der Waals surface area contributed by atoms with E-state index in [0.717, 1.165) is 11.3 Å². The summed E-state index contributed by atoms with van der Waals surface area (Å²) in [6, 6.07) is 26.0. The third kappa shape index (κ3) is 5.59. The largest absolute Gasteiger partial charge is 0.368 e. The molecule has 1 aliphatic rings. The monoisotopic (exact) mass is 453 g/mol. The number of piperazine rings is 1. The number of carbonyl (C=O) groups is 3. The SMILES string of the molecule is CC(=O)c1ccc(N2CCN(C(=O)C(=Cc3ccccc3)C(=O)Nc3ccccc3)CC2)cc1. The van der Waals surface area contributed by atoms with Crippen molar-refractivity contribution in [3.63, 3.8) is 0 Å². The first-order chi connectivity index (χ1) is 16.5. The Morgan fingerprint density at radius 1 is 0.765 bits per heavy atom. The maximum atomic E-state index is 13.4. The van der Waals surface area contributed by atoms with Gasteiger partial charge in [0.25, 0.3) is 11.8 Å². The number of benzene rings is 3. The molecule has 2 amide bonds. The van der Waals surface area contributed by atoms with Crippen LogP contribution in [0.5, 0.6) is 0 Å². The molecule has 0 bridgehead atoms. The minimum atomic E-state index is -0.428. The van der Waals surface area contributed by atoms with Gasteiger partial charge in [0, 0.05) is 43.1 Å². The van der Waals surface area contributed by atoms with Crippen molar-refractivity contribution in [2.45, 2.75) is 6.92 Å². The second kappa shape index (κ2) is 10.6. The van der Waals surface area contributed by atoms with Crippen LogP contribution in [0.25, 0.3) is 6.08 Å². The molecule has 0 saturated carbocycles. The molecule has 0 unspecified atom stereocenters. The second-order valence-electron chi connectivity index (χ2n) is 8.17. The van der Waals surface area contributed by atoms with Gasteiger partial charge in [-0.1, -0.05) is 48.5 Å². The van der Waals surface area contributed by atoms with Crippen LogP contribution in [0.1, 0.15) is 22.8 Å². The molecule has 3 aromatic rings. The van der Waals surface area contributed by atoms with E-state index in [9.17, 15) is 14.4 Å². The molecule has 1 N–H and O–H groups in total. The zero-order valence-electron chi connectivity index (χ0n) is 19.1. The molecule has 172 valence electrons. The number of hydrogen-bond donors (Lipinski definition) is 1. The lowest BCUT2D eigenvalue weighted by molar-refractivity contribution is -0.129. The quantitative estimate of drug-likeness (QED) is 0.262. The first-order valence-corrected chi connectivity index (χ1v) is 11.3. The Hall–Kier alpha value is -4.19. The van der Waals surface area contributed by atoms with Crippen LogP contribution in [-0.4, -0.2) is 48.7 Å². The molecular weight excluding hydrogens is 426 g/mol. The van der Waals surface area contributed by atoms with E-state index in [2.05, 4.69) is 10.2 Å². The Balaban J connectivity index is 1.48. The van der Waals surface area contributed by atoms with Gasteiger partial charge in [0.2, 0.25) is 0 Å². The number of anilines is 2. The average Bonchev–Trinajstić information content (AvgIpc) is 2.88. The van der Waals surface area contributed by atoms with E-state index in [1.54, 1.807) is 30.0 Å². The van der Waals surface area contributed by atoms with Crippen molar-refractivity contribution >= 4 is 35.0 Å². The Kier molecular flexibility index (Phi) is 7.18. The maximum absolute atomic E-state index is 13.4. The van der Waals surface area contributed by atoms with Crippen LogP contribution in [0.15, 0.2) is 90.5 Å². The summed E-state index contributed by atoms with van der Waals surface area (Å²) in [4.78, 5) is 42.0. The molecule has 4 rings (SSSR count). The van der Waals surface area contributed by atoms with Gasteiger partial charge in [-0.15, -0.1) is 0 Å². The number of nitrogens with one attached hydrogen (secondary N) is 1. The lowest BCUT2D eigenvalue weighted by Gasteiger charge is -2.36. The summed E-state index contributed by atoms with van der Waals surface area (Å²) in [5.74, 6) is -0.681. The number of Topliss-reactive ketones (excluding diaryl/α,β-unsaturated/α-hetero) is 1. The molecule has 0 aliphatic carbocycles. The molecular formula is C28H27N3O3. The summed E-state index contributed by atoms with van der Waals surface area (Å²) in [5, 5.41) is 2.84. The van der Waals surface area contributed by atoms with E-state index in [0.29, 0.717) is 37.4 Å². The van der Waals surface area contributed by atoms with Crippen molar-refractivity contribution in [3.8, 4) is 0 Å². The maximum Gasteiger partial charge on any atom is 0.261 e. The Morgan fingerprint density at radius 3 is 1.94 bits per heavy atom. The highest BCUT2D eigenvalue weighted by Crippen LogP contribution is 2.20. The van der Waals surface area contributed by atoms with E-state index in [1.807, 2.05) is 72.8 Å². The lowest BCUT2D eigenvalue weighted by Crippen LogP contribution is -2.50. The summed E-state index contributed by atoms with van der Waals surface area (Å²) in [7, 11) is 0. The van der Waals surface area contributed by atoms with E-state index < -0.39 is 5.91 Å². The molecule has 0 aromatic heterocycles. The third-order valence-corrected chi connectivity index (χ3v) is 5.82. The Morgan fingerprint density at radius 2 is 1.35 bits per heavy atom. The fourth-order valence-corrected chi connectivity index (χ4v) is 3.91. The summed E-state index contributed by atoms with van der Waals surface area (Å²) in [5.41, 5.74) is 3.22. The normalized spacial score (nSPS) is 14.0. The number of amides is 2. The fraction of sp³-hybridized carbons (Fsp3) is 0.179. The van der Waals surface area contributed by atoms with Crippen molar-refractivity contribution in [2.24, 2.45) is 0 Å². The van der Waals surface area contributed by atoms with Crippen molar-refractivity contribution in [1.29, 1.82) is 0 Å². The second-order valence-corrected chi connectivity index (χ2v) is 8.17. The summed E-state index contributed by atoms with van der Waals surface area (Å²) in [6.45, 7) is 3.83. The lowest BCUT2D eigenvalue weighted by atomic mass is 10.1. The number of carbonyl (C=O) groups excluding carboxylic acids is 3. The fourth-order valence-electron chi connectivity index (χ4n) is 3.91. The minimum absolute atomic E-state index is 0.0356. The molecule has 1 aliphatic heterocycles. The van der Waals surface area contributed by atoms with Gasteiger partial charge in [-0.25, -0.2) is 0 Å². The van der Waals surface area contributed by atoms with Gasteiger partial charge in [-0.2, -0.15) is 0 Å². The Labute approximate surface area is 199 Å². The molecule has 6 heteroatoms. The van der Waals surface area contributed by atoms with Gasteiger partial charge >= 0.3 is 0 Å². The van der Waals surface area contributed by atoms with E-state index in [1.165, 1.54) is 0 Å². The number of para-hydroxylation sites is 1.